The first-order chi connectivity index (χ1) is 7.14. The average molecular weight is 213 g/mol. The second kappa shape index (κ2) is 7.43. The van der Waals surface area contributed by atoms with Gasteiger partial charge < -0.3 is 4.74 Å². The van der Waals surface area contributed by atoms with Crippen LogP contribution in [0.25, 0.3) is 0 Å². The van der Waals surface area contributed by atoms with E-state index < -0.39 is 5.60 Å². The second-order valence-electron chi connectivity index (χ2n) is 3.73. The van der Waals surface area contributed by atoms with E-state index in [-0.39, 0.29) is 5.97 Å². The minimum absolute atomic E-state index is 0.303. The van der Waals surface area contributed by atoms with Crippen molar-refractivity contribution in [1.29, 1.82) is 0 Å². The molecule has 0 aliphatic rings. The van der Waals surface area contributed by atoms with Crippen molar-refractivity contribution < 1.29 is 14.3 Å². The van der Waals surface area contributed by atoms with Gasteiger partial charge in [-0.1, -0.05) is 33.6 Å². The zero-order chi connectivity index (χ0) is 11.7. The highest BCUT2D eigenvalue weighted by Crippen LogP contribution is 2.22. The minimum Gasteiger partial charge on any atom is -0.451 e. The van der Waals surface area contributed by atoms with Crippen LogP contribution >= 0.6 is 0 Å². The van der Waals surface area contributed by atoms with E-state index in [9.17, 15) is 9.59 Å². The number of hydrogen-bond donors (Lipinski definition) is 0. The maximum absolute atomic E-state index is 11.2. The molecular weight excluding hydrogens is 192 g/mol. The van der Waals surface area contributed by atoms with E-state index in [1.54, 1.807) is 6.92 Å². The molecule has 15 heavy (non-hydrogen) atoms. The number of carbonyl (C=O) groups is 1. The van der Waals surface area contributed by atoms with E-state index in [1.165, 1.54) is 0 Å². The number of ether oxygens (including phenoxy) is 1. The fourth-order valence-corrected chi connectivity index (χ4v) is 1.39. The van der Waals surface area contributed by atoms with Gasteiger partial charge in [-0.05, 0) is 19.3 Å². The highest BCUT2D eigenvalue weighted by Gasteiger charge is 2.32. The topological polar surface area (TPSA) is 43.4 Å². The fourth-order valence-electron chi connectivity index (χ4n) is 1.39. The SMILES string of the molecule is CCCCCC([C]=O)(CC)OC(=O)CC. The van der Waals surface area contributed by atoms with Crippen molar-refractivity contribution in [3.05, 3.63) is 0 Å². The summed E-state index contributed by atoms with van der Waals surface area (Å²) in [5.41, 5.74) is -0.998. The fraction of sp³-hybridized carbons (Fsp3) is 0.833. The van der Waals surface area contributed by atoms with Gasteiger partial charge in [-0.2, -0.15) is 0 Å². The maximum atomic E-state index is 11.2. The van der Waals surface area contributed by atoms with Crippen LogP contribution in [0.2, 0.25) is 0 Å². The number of rotatable bonds is 8. The van der Waals surface area contributed by atoms with Gasteiger partial charge in [0.15, 0.2) is 5.60 Å². The standard InChI is InChI=1S/C12H21O3/c1-4-7-8-9-12(6-3,10-13)15-11(14)5-2/h4-9H2,1-3H3. The second-order valence-corrected chi connectivity index (χ2v) is 3.73. The molecule has 0 saturated heterocycles. The summed E-state index contributed by atoms with van der Waals surface area (Å²) in [5, 5.41) is 0. The Bertz CT molecular complexity index is 201. The number of unbranched alkanes of at least 4 members (excludes halogenated alkanes) is 2. The molecule has 87 valence electrons. The van der Waals surface area contributed by atoms with Gasteiger partial charge in [0, 0.05) is 6.42 Å². The molecule has 0 rings (SSSR count). The van der Waals surface area contributed by atoms with Gasteiger partial charge in [-0.15, -0.1) is 0 Å². The van der Waals surface area contributed by atoms with Gasteiger partial charge in [0.25, 0.3) is 0 Å². The van der Waals surface area contributed by atoms with E-state index in [0.717, 1.165) is 19.3 Å². The van der Waals surface area contributed by atoms with Crippen LogP contribution in [-0.2, 0) is 14.3 Å². The van der Waals surface area contributed by atoms with Crippen molar-refractivity contribution in [2.75, 3.05) is 0 Å². The number of esters is 1. The largest absolute Gasteiger partial charge is 0.451 e. The minimum atomic E-state index is -0.998. The normalized spacial score (nSPS) is 14.3. The quantitative estimate of drug-likeness (QED) is 0.460. The van der Waals surface area contributed by atoms with E-state index in [4.69, 9.17) is 4.74 Å². The molecule has 3 heteroatoms. The van der Waals surface area contributed by atoms with E-state index in [1.807, 2.05) is 13.2 Å². The lowest BCUT2D eigenvalue weighted by molar-refractivity contribution is -0.154. The Balaban J connectivity index is 4.29. The van der Waals surface area contributed by atoms with Crippen LogP contribution in [-0.4, -0.2) is 17.9 Å². The Morgan fingerprint density at radius 2 is 1.93 bits per heavy atom. The zero-order valence-electron chi connectivity index (χ0n) is 9.97. The van der Waals surface area contributed by atoms with Crippen molar-refractivity contribution in [1.82, 2.24) is 0 Å². The van der Waals surface area contributed by atoms with Crippen LogP contribution in [0, 0.1) is 0 Å². The van der Waals surface area contributed by atoms with Crippen molar-refractivity contribution in [2.24, 2.45) is 0 Å². The molecule has 0 bridgehead atoms. The monoisotopic (exact) mass is 213 g/mol. The molecular formula is C12H21O3. The van der Waals surface area contributed by atoms with Gasteiger partial charge in [0.2, 0.25) is 6.29 Å². The maximum Gasteiger partial charge on any atom is 0.306 e. The number of hydrogen-bond acceptors (Lipinski definition) is 3. The first-order valence-electron chi connectivity index (χ1n) is 5.75. The van der Waals surface area contributed by atoms with Crippen LogP contribution < -0.4 is 0 Å². The predicted octanol–water partition coefficient (Wildman–Crippen LogP) is 2.78. The van der Waals surface area contributed by atoms with Crippen LogP contribution in [0.4, 0.5) is 0 Å². The molecule has 0 aromatic rings. The Morgan fingerprint density at radius 3 is 2.33 bits per heavy atom. The van der Waals surface area contributed by atoms with Crippen LogP contribution in [0.1, 0.15) is 59.3 Å². The summed E-state index contributed by atoms with van der Waals surface area (Å²) in [6.07, 6.45) is 6.33. The van der Waals surface area contributed by atoms with Crippen molar-refractivity contribution in [2.45, 2.75) is 64.9 Å². The summed E-state index contributed by atoms with van der Waals surface area (Å²) >= 11 is 0. The predicted molar refractivity (Wildman–Crippen MR) is 59.2 cm³/mol. The Morgan fingerprint density at radius 1 is 1.27 bits per heavy atom. The molecule has 0 aliphatic heterocycles. The molecule has 1 atom stereocenters. The van der Waals surface area contributed by atoms with Crippen molar-refractivity contribution in [3.63, 3.8) is 0 Å². The summed E-state index contributed by atoms with van der Waals surface area (Å²) in [4.78, 5) is 22.1. The van der Waals surface area contributed by atoms with Gasteiger partial charge >= 0.3 is 5.97 Å². The summed E-state index contributed by atoms with van der Waals surface area (Å²) in [6, 6.07) is 0. The molecule has 0 amide bonds. The molecule has 0 N–H and O–H groups in total. The summed E-state index contributed by atoms with van der Waals surface area (Å²) < 4.78 is 5.17. The van der Waals surface area contributed by atoms with Crippen molar-refractivity contribution in [3.8, 4) is 0 Å². The highest BCUT2D eigenvalue weighted by atomic mass is 16.6. The smallest absolute Gasteiger partial charge is 0.306 e. The van der Waals surface area contributed by atoms with Gasteiger partial charge in [0.05, 0.1) is 0 Å². The third kappa shape index (κ3) is 4.96. The van der Waals surface area contributed by atoms with Crippen LogP contribution in [0.3, 0.4) is 0 Å². The molecule has 0 aliphatic carbocycles. The third-order valence-electron chi connectivity index (χ3n) is 2.54. The summed E-state index contributed by atoms with van der Waals surface area (Å²) in [6.45, 7) is 5.66. The highest BCUT2D eigenvalue weighted by molar-refractivity contribution is 5.74. The lowest BCUT2D eigenvalue weighted by Crippen LogP contribution is -2.36. The summed E-state index contributed by atoms with van der Waals surface area (Å²) in [5.74, 6) is -0.323. The van der Waals surface area contributed by atoms with Crippen LogP contribution in [0.15, 0.2) is 0 Å². The number of carbonyl (C=O) groups excluding carboxylic acids is 2. The molecule has 0 saturated carbocycles. The first-order valence-corrected chi connectivity index (χ1v) is 5.75. The molecule has 3 nitrogen and oxygen atoms in total. The lowest BCUT2D eigenvalue weighted by atomic mass is 9.94. The molecule has 1 radical (unpaired) electrons. The van der Waals surface area contributed by atoms with Crippen molar-refractivity contribution >= 4 is 12.3 Å². The molecule has 0 aromatic carbocycles. The van der Waals surface area contributed by atoms with E-state index in [2.05, 4.69) is 6.92 Å². The third-order valence-corrected chi connectivity index (χ3v) is 2.54. The average Bonchev–Trinajstić information content (AvgIpc) is 2.27. The lowest BCUT2D eigenvalue weighted by Gasteiger charge is -2.25. The first kappa shape index (κ1) is 14.1. The Labute approximate surface area is 92.2 Å². The van der Waals surface area contributed by atoms with Gasteiger partial charge in [-0.3, -0.25) is 9.59 Å². The summed E-state index contributed by atoms with van der Waals surface area (Å²) in [7, 11) is 0. The van der Waals surface area contributed by atoms with Gasteiger partial charge in [-0.25, -0.2) is 0 Å². The molecule has 0 spiro atoms. The Kier molecular flexibility index (Phi) is 7.01. The van der Waals surface area contributed by atoms with Gasteiger partial charge in [0.1, 0.15) is 0 Å². The molecule has 0 fully saturated rings. The van der Waals surface area contributed by atoms with E-state index in [0.29, 0.717) is 19.3 Å². The molecule has 1 unspecified atom stereocenters. The van der Waals surface area contributed by atoms with E-state index >= 15 is 0 Å². The zero-order valence-corrected chi connectivity index (χ0v) is 9.97. The molecule has 0 aromatic heterocycles. The Hall–Kier alpha value is -0.860. The van der Waals surface area contributed by atoms with Crippen LogP contribution in [0.5, 0.6) is 0 Å². The molecule has 0 heterocycles.